The number of nitrogens with one attached hydrogen (secondary N) is 2. The molecule has 5 heteroatoms. The van der Waals surface area contributed by atoms with Crippen molar-refractivity contribution in [2.75, 3.05) is 13.2 Å². The molecule has 21 heavy (non-hydrogen) atoms. The van der Waals surface area contributed by atoms with Gasteiger partial charge in [0.1, 0.15) is 0 Å². The number of benzene rings is 1. The molecule has 0 aliphatic rings. The molecule has 1 atom stereocenters. The quantitative estimate of drug-likeness (QED) is 0.728. The molecule has 3 N–H and O–H groups in total. The van der Waals surface area contributed by atoms with E-state index in [4.69, 9.17) is 5.11 Å². The molecule has 112 valence electrons. The van der Waals surface area contributed by atoms with Gasteiger partial charge in [-0.15, -0.1) is 0 Å². The second-order valence-corrected chi connectivity index (χ2v) is 4.80. The summed E-state index contributed by atoms with van der Waals surface area (Å²) < 4.78 is 2.00. The van der Waals surface area contributed by atoms with Crippen molar-refractivity contribution in [3.8, 4) is 0 Å². The molecular weight excluding hydrogens is 266 g/mol. The first-order valence-electron chi connectivity index (χ1n) is 7.10. The molecule has 2 aromatic rings. The Bertz CT molecular complexity index is 526. The first-order valence-corrected chi connectivity index (χ1v) is 7.10. The van der Waals surface area contributed by atoms with Gasteiger partial charge in [0.2, 0.25) is 0 Å². The molecule has 2 rings (SSSR count). The number of urea groups is 1. The maximum Gasteiger partial charge on any atom is 0.315 e. The molecule has 0 aliphatic heterocycles. The Morgan fingerprint density at radius 3 is 2.52 bits per heavy atom. The van der Waals surface area contributed by atoms with E-state index in [1.807, 2.05) is 59.4 Å². The molecule has 1 heterocycles. The highest BCUT2D eigenvalue weighted by Crippen LogP contribution is 2.15. The van der Waals surface area contributed by atoms with Crippen LogP contribution in [0.3, 0.4) is 0 Å². The third-order valence-corrected chi connectivity index (χ3v) is 3.25. The Hall–Kier alpha value is -2.27. The normalized spacial score (nSPS) is 11.9. The zero-order valence-corrected chi connectivity index (χ0v) is 11.9. The zero-order valence-electron chi connectivity index (χ0n) is 11.9. The highest BCUT2D eigenvalue weighted by Gasteiger charge is 2.13. The second kappa shape index (κ2) is 8.11. The monoisotopic (exact) mass is 287 g/mol. The van der Waals surface area contributed by atoms with Crippen LogP contribution in [0.2, 0.25) is 0 Å². The lowest BCUT2D eigenvalue weighted by Gasteiger charge is -2.18. The molecule has 0 spiro atoms. The summed E-state index contributed by atoms with van der Waals surface area (Å²) in [7, 11) is 0. The molecule has 5 nitrogen and oxygen atoms in total. The summed E-state index contributed by atoms with van der Waals surface area (Å²) in [6, 6.07) is 13.2. The van der Waals surface area contributed by atoms with Crippen molar-refractivity contribution in [3.63, 3.8) is 0 Å². The summed E-state index contributed by atoms with van der Waals surface area (Å²) in [5.74, 6) is 0. The fourth-order valence-electron chi connectivity index (χ4n) is 2.16. The fraction of sp³-hybridized carbons (Fsp3) is 0.312. The molecule has 0 aliphatic carbocycles. The average Bonchev–Trinajstić information content (AvgIpc) is 3.01. The third-order valence-electron chi connectivity index (χ3n) is 3.25. The van der Waals surface area contributed by atoms with Crippen LogP contribution in [0.1, 0.15) is 18.0 Å². The molecule has 0 saturated carbocycles. The zero-order chi connectivity index (χ0) is 14.9. The van der Waals surface area contributed by atoms with Gasteiger partial charge in [-0.05, 0) is 24.1 Å². The van der Waals surface area contributed by atoms with Crippen molar-refractivity contribution in [2.24, 2.45) is 0 Å². The summed E-state index contributed by atoms with van der Waals surface area (Å²) in [4.78, 5) is 11.9. The van der Waals surface area contributed by atoms with Crippen molar-refractivity contribution in [3.05, 3.63) is 60.4 Å². The van der Waals surface area contributed by atoms with Crippen molar-refractivity contribution in [1.82, 2.24) is 15.2 Å². The minimum absolute atomic E-state index is 0.0310. The maximum absolute atomic E-state index is 11.9. The van der Waals surface area contributed by atoms with E-state index in [0.717, 1.165) is 12.1 Å². The highest BCUT2D eigenvalue weighted by molar-refractivity contribution is 5.74. The number of hydrogen-bond donors (Lipinski definition) is 3. The average molecular weight is 287 g/mol. The van der Waals surface area contributed by atoms with E-state index in [1.54, 1.807) is 0 Å². The Kier molecular flexibility index (Phi) is 5.84. The number of aromatic nitrogens is 1. The molecule has 2 amide bonds. The van der Waals surface area contributed by atoms with Gasteiger partial charge in [-0.2, -0.15) is 0 Å². The van der Waals surface area contributed by atoms with Gasteiger partial charge in [0.15, 0.2) is 0 Å². The van der Waals surface area contributed by atoms with Crippen LogP contribution in [-0.4, -0.2) is 28.9 Å². The number of rotatable bonds is 7. The van der Waals surface area contributed by atoms with Gasteiger partial charge in [-0.3, -0.25) is 0 Å². The van der Waals surface area contributed by atoms with E-state index in [-0.39, 0.29) is 18.7 Å². The van der Waals surface area contributed by atoms with Crippen molar-refractivity contribution in [2.45, 2.75) is 19.0 Å². The first-order chi connectivity index (χ1) is 10.3. The third kappa shape index (κ3) is 4.96. The van der Waals surface area contributed by atoms with E-state index in [9.17, 15) is 4.79 Å². The van der Waals surface area contributed by atoms with Crippen LogP contribution in [-0.2, 0) is 6.54 Å². The van der Waals surface area contributed by atoms with E-state index < -0.39 is 0 Å². The van der Waals surface area contributed by atoms with Crippen LogP contribution in [0.4, 0.5) is 4.79 Å². The van der Waals surface area contributed by atoms with Crippen molar-refractivity contribution < 1.29 is 9.90 Å². The number of carbonyl (C=O) groups excluding carboxylic acids is 1. The molecular formula is C16H21N3O2. The van der Waals surface area contributed by atoms with Gasteiger partial charge < -0.3 is 20.3 Å². The lowest BCUT2D eigenvalue weighted by atomic mass is 10.0. The smallest absolute Gasteiger partial charge is 0.315 e. The predicted octanol–water partition coefficient (Wildman–Crippen LogP) is 1.91. The molecule has 0 radical (unpaired) electrons. The van der Waals surface area contributed by atoms with E-state index in [2.05, 4.69) is 10.6 Å². The van der Waals surface area contributed by atoms with Crippen LogP contribution in [0.15, 0.2) is 54.9 Å². The minimum atomic E-state index is -0.218. The molecule has 1 aromatic heterocycles. The minimum Gasteiger partial charge on any atom is -0.396 e. The van der Waals surface area contributed by atoms with Gasteiger partial charge >= 0.3 is 6.03 Å². The van der Waals surface area contributed by atoms with Crippen molar-refractivity contribution in [1.29, 1.82) is 0 Å². The van der Waals surface area contributed by atoms with Gasteiger partial charge in [0, 0.05) is 32.1 Å². The summed E-state index contributed by atoms with van der Waals surface area (Å²) in [5.41, 5.74) is 0.993. The van der Waals surface area contributed by atoms with Gasteiger partial charge in [-0.1, -0.05) is 30.3 Å². The largest absolute Gasteiger partial charge is 0.396 e. The van der Waals surface area contributed by atoms with Gasteiger partial charge in [0.05, 0.1) is 6.04 Å². The van der Waals surface area contributed by atoms with Crippen LogP contribution >= 0.6 is 0 Å². The summed E-state index contributed by atoms with van der Waals surface area (Å²) in [6.07, 6.45) is 4.41. The molecule has 0 saturated heterocycles. The molecule has 1 aromatic carbocycles. The molecule has 0 fully saturated rings. The fourth-order valence-corrected chi connectivity index (χ4v) is 2.16. The van der Waals surface area contributed by atoms with Crippen LogP contribution in [0.5, 0.6) is 0 Å². The number of amides is 2. The highest BCUT2D eigenvalue weighted by atomic mass is 16.3. The number of aliphatic hydroxyl groups excluding tert-OH is 1. The molecule has 0 unspecified atom stereocenters. The Morgan fingerprint density at radius 2 is 1.86 bits per heavy atom. The number of hydrogen-bond acceptors (Lipinski definition) is 2. The summed E-state index contributed by atoms with van der Waals surface area (Å²) in [5, 5.41) is 14.9. The topological polar surface area (TPSA) is 66.3 Å². The number of aliphatic hydroxyl groups is 1. The van der Waals surface area contributed by atoms with E-state index in [0.29, 0.717) is 13.0 Å². The number of carbonyl (C=O) groups is 1. The van der Waals surface area contributed by atoms with E-state index >= 15 is 0 Å². The lowest BCUT2D eigenvalue weighted by molar-refractivity contribution is 0.229. The van der Waals surface area contributed by atoms with Gasteiger partial charge in [-0.25, -0.2) is 4.79 Å². The Labute approximate surface area is 124 Å². The standard InChI is InChI=1S/C16H21N3O2/c20-13-8-15(14-6-2-1-3-7-14)18-16(21)17-9-12-19-10-4-5-11-19/h1-7,10-11,15,20H,8-9,12-13H2,(H2,17,18,21)/t15-/m1/s1. The summed E-state index contributed by atoms with van der Waals surface area (Å²) >= 11 is 0. The van der Waals surface area contributed by atoms with Crippen molar-refractivity contribution >= 4 is 6.03 Å². The summed E-state index contributed by atoms with van der Waals surface area (Å²) in [6.45, 7) is 1.32. The first kappa shape index (κ1) is 15.1. The molecule has 0 bridgehead atoms. The van der Waals surface area contributed by atoms with Crippen LogP contribution in [0, 0.1) is 0 Å². The van der Waals surface area contributed by atoms with E-state index in [1.165, 1.54) is 0 Å². The SMILES string of the molecule is O=C(NCCn1cccc1)N[C@H](CCO)c1ccccc1. The van der Waals surface area contributed by atoms with Crippen LogP contribution in [0.25, 0.3) is 0 Å². The predicted molar refractivity (Wildman–Crippen MR) is 81.9 cm³/mol. The van der Waals surface area contributed by atoms with Gasteiger partial charge in [0.25, 0.3) is 0 Å². The number of nitrogens with zero attached hydrogens (tertiary/aromatic N) is 1. The van der Waals surface area contributed by atoms with Crippen LogP contribution < -0.4 is 10.6 Å². The second-order valence-electron chi connectivity index (χ2n) is 4.80. The maximum atomic E-state index is 11.9. The lowest BCUT2D eigenvalue weighted by Crippen LogP contribution is -2.39. The Balaban J connectivity index is 1.81. The Morgan fingerprint density at radius 1 is 1.14 bits per heavy atom.